The third-order valence-electron chi connectivity index (χ3n) is 2.86. The van der Waals surface area contributed by atoms with E-state index in [0.29, 0.717) is 18.8 Å². The van der Waals surface area contributed by atoms with Gasteiger partial charge in [0.1, 0.15) is 5.69 Å². The van der Waals surface area contributed by atoms with E-state index in [9.17, 15) is 4.79 Å². The van der Waals surface area contributed by atoms with E-state index in [1.165, 1.54) is 0 Å². The quantitative estimate of drug-likeness (QED) is 0.830. The van der Waals surface area contributed by atoms with Gasteiger partial charge in [0.05, 0.1) is 6.54 Å². The number of nitrogens with two attached hydrogens (primary N) is 1. The lowest BCUT2D eigenvalue weighted by molar-refractivity contribution is 0.0780. The molecule has 2 aromatic rings. The van der Waals surface area contributed by atoms with Gasteiger partial charge in [-0.3, -0.25) is 4.79 Å². The highest BCUT2D eigenvalue weighted by atomic mass is 16.2. The first-order chi connectivity index (χ1) is 9.70. The number of carbonyl (C=O) groups is 1. The van der Waals surface area contributed by atoms with Crippen LogP contribution in [0.5, 0.6) is 0 Å². The minimum Gasteiger partial charge on any atom is -0.357 e. The number of benzene rings is 1. The second-order valence-electron chi connectivity index (χ2n) is 4.45. The van der Waals surface area contributed by atoms with Crippen molar-refractivity contribution < 1.29 is 4.79 Å². The van der Waals surface area contributed by atoms with E-state index in [4.69, 9.17) is 5.73 Å². The number of hydrogen-bond donors (Lipinski definition) is 2. The van der Waals surface area contributed by atoms with Crippen molar-refractivity contribution in [2.24, 2.45) is 5.73 Å². The van der Waals surface area contributed by atoms with E-state index in [-0.39, 0.29) is 5.91 Å². The molecule has 3 N–H and O–H groups in total. The topological polar surface area (TPSA) is 62.1 Å². The smallest absolute Gasteiger partial charge is 0.270 e. The zero-order valence-corrected chi connectivity index (χ0v) is 11.4. The average Bonchev–Trinajstić information content (AvgIpc) is 2.98. The van der Waals surface area contributed by atoms with E-state index in [2.05, 4.69) is 16.8 Å². The van der Waals surface area contributed by atoms with Crippen molar-refractivity contribution in [2.45, 2.75) is 6.54 Å². The Morgan fingerprint density at radius 1 is 1.35 bits per heavy atom. The maximum Gasteiger partial charge on any atom is 0.270 e. The monoisotopic (exact) mass is 267 g/mol. The summed E-state index contributed by atoms with van der Waals surface area (Å²) >= 11 is 0. The predicted octanol–water partition coefficient (Wildman–Crippen LogP) is 1.60. The molecule has 0 unspecified atom stereocenters. The van der Waals surface area contributed by atoms with E-state index < -0.39 is 0 Å². The first kappa shape index (κ1) is 13.9. The molecule has 0 atom stereocenters. The second kappa shape index (κ2) is 6.60. The molecule has 4 heteroatoms. The fourth-order valence-electron chi connectivity index (χ4n) is 1.92. The number of aromatic nitrogens is 1. The first-order valence-electron chi connectivity index (χ1n) is 6.37. The van der Waals surface area contributed by atoms with Crippen molar-refractivity contribution in [3.8, 4) is 11.8 Å². The Labute approximate surface area is 118 Å². The minimum atomic E-state index is -0.0338. The highest BCUT2D eigenvalue weighted by molar-refractivity contribution is 5.92. The normalized spacial score (nSPS) is 9.70. The maximum absolute atomic E-state index is 12.1. The van der Waals surface area contributed by atoms with Crippen molar-refractivity contribution in [3.63, 3.8) is 0 Å². The Kier molecular flexibility index (Phi) is 4.59. The van der Waals surface area contributed by atoms with Gasteiger partial charge in [-0.25, -0.2) is 0 Å². The minimum absolute atomic E-state index is 0.0338. The van der Waals surface area contributed by atoms with Gasteiger partial charge in [0, 0.05) is 25.4 Å². The highest BCUT2D eigenvalue weighted by Gasteiger charge is 2.12. The van der Waals surface area contributed by atoms with Crippen LogP contribution in [-0.2, 0) is 6.54 Å². The highest BCUT2D eigenvalue weighted by Crippen LogP contribution is 2.09. The molecule has 0 radical (unpaired) electrons. The molecule has 0 bridgehead atoms. The van der Waals surface area contributed by atoms with Crippen LogP contribution in [0.15, 0.2) is 42.6 Å². The Hall–Kier alpha value is -2.51. The summed E-state index contributed by atoms with van der Waals surface area (Å²) in [5, 5.41) is 0. The molecule has 102 valence electrons. The number of hydrogen-bond acceptors (Lipinski definition) is 2. The summed E-state index contributed by atoms with van der Waals surface area (Å²) in [6, 6.07) is 11.4. The molecular formula is C16H17N3O. The van der Waals surface area contributed by atoms with Crippen LogP contribution in [0, 0.1) is 11.8 Å². The lowest BCUT2D eigenvalue weighted by Crippen LogP contribution is -2.26. The van der Waals surface area contributed by atoms with E-state index in [1.54, 1.807) is 24.2 Å². The zero-order chi connectivity index (χ0) is 14.4. The Morgan fingerprint density at radius 3 is 2.90 bits per heavy atom. The molecule has 0 saturated carbocycles. The summed E-state index contributed by atoms with van der Waals surface area (Å²) in [7, 11) is 1.78. The van der Waals surface area contributed by atoms with Crippen LogP contribution in [0.1, 0.15) is 21.6 Å². The van der Waals surface area contributed by atoms with Crippen molar-refractivity contribution in [1.29, 1.82) is 0 Å². The summed E-state index contributed by atoms with van der Waals surface area (Å²) in [6.07, 6.45) is 1.74. The molecule has 20 heavy (non-hydrogen) atoms. The Bertz CT molecular complexity index is 635. The third-order valence-corrected chi connectivity index (χ3v) is 2.86. The number of nitrogens with one attached hydrogen (secondary N) is 1. The fourth-order valence-corrected chi connectivity index (χ4v) is 1.92. The number of carbonyl (C=O) groups excluding carboxylic acids is 1. The summed E-state index contributed by atoms with van der Waals surface area (Å²) in [5.74, 6) is 5.78. The van der Waals surface area contributed by atoms with Crippen molar-refractivity contribution in [1.82, 2.24) is 9.88 Å². The zero-order valence-electron chi connectivity index (χ0n) is 11.4. The average molecular weight is 267 g/mol. The van der Waals surface area contributed by atoms with E-state index in [1.807, 2.05) is 30.3 Å². The van der Waals surface area contributed by atoms with Crippen LogP contribution in [0.3, 0.4) is 0 Å². The molecule has 1 aromatic carbocycles. The van der Waals surface area contributed by atoms with Crippen molar-refractivity contribution in [3.05, 3.63) is 59.4 Å². The molecule has 0 aliphatic carbocycles. The van der Waals surface area contributed by atoms with Gasteiger partial charge in [0.25, 0.3) is 5.91 Å². The molecule has 0 fully saturated rings. The van der Waals surface area contributed by atoms with Crippen molar-refractivity contribution in [2.75, 3.05) is 13.6 Å². The molecule has 1 amide bonds. The SMILES string of the molecule is CN(Cc1cccc(C#CCN)c1)C(=O)c1ccc[nH]1. The second-order valence-corrected chi connectivity index (χ2v) is 4.45. The number of amides is 1. The molecule has 0 aliphatic heterocycles. The molecule has 2 rings (SSSR count). The molecule has 1 aromatic heterocycles. The molecule has 1 heterocycles. The molecule has 0 saturated heterocycles. The third kappa shape index (κ3) is 3.50. The number of aromatic amines is 1. The van der Waals surface area contributed by atoms with Gasteiger partial charge in [-0.1, -0.05) is 24.0 Å². The Morgan fingerprint density at radius 2 is 2.20 bits per heavy atom. The van der Waals surface area contributed by atoms with Gasteiger partial charge in [0.2, 0.25) is 0 Å². The predicted molar refractivity (Wildman–Crippen MR) is 79.0 cm³/mol. The first-order valence-corrected chi connectivity index (χ1v) is 6.37. The van der Waals surface area contributed by atoms with Crippen LogP contribution in [-0.4, -0.2) is 29.4 Å². The lowest BCUT2D eigenvalue weighted by atomic mass is 10.1. The van der Waals surface area contributed by atoms with Crippen LogP contribution < -0.4 is 5.73 Å². The number of rotatable bonds is 3. The largest absolute Gasteiger partial charge is 0.357 e. The van der Waals surface area contributed by atoms with Gasteiger partial charge in [-0.2, -0.15) is 0 Å². The van der Waals surface area contributed by atoms with Gasteiger partial charge < -0.3 is 15.6 Å². The van der Waals surface area contributed by atoms with Gasteiger partial charge in [0.15, 0.2) is 0 Å². The van der Waals surface area contributed by atoms with E-state index >= 15 is 0 Å². The lowest BCUT2D eigenvalue weighted by Gasteiger charge is -2.16. The summed E-state index contributed by atoms with van der Waals surface area (Å²) < 4.78 is 0. The molecule has 4 nitrogen and oxygen atoms in total. The maximum atomic E-state index is 12.1. The van der Waals surface area contributed by atoms with Crippen LogP contribution >= 0.6 is 0 Å². The summed E-state index contributed by atoms with van der Waals surface area (Å²) in [5.41, 5.74) is 7.90. The summed E-state index contributed by atoms with van der Waals surface area (Å²) in [4.78, 5) is 16.7. The van der Waals surface area contributed by atoms with Gasteiger partial charge in [-0.15, -0.1) is 0 Å². The Balaban J connectivity index is 2.08. The standard InChI is InChI=1S/C16H17N3O/c1-19(16(20)15-8-4-10-18-15)12-14-6-2-5-13(11-14)7-3-9-17/h2,4-6,8,10-11,18H,9,12,17H2,1H3. The van der Waals surface area contributed by atoms with Crippen LogP contribution in [0.25, 0.3) is 0 Å². The summed E-state index contributed by atoms with van der Waals surface area (Å²) in [6.45, 7) is 0.880. The molecular weight excluding hydrogens is 250 g/mol. The van der Waals surface area contributed by atoms with Crippen LogP contribution in [0.2, 0.25) is 0 Å². The number of nitrogens with zero attached hydrogens (tertiary/aromatic N) is 1. The van der Waals surface area contributed by atoms with Crippen LogP contribution in [0.4, 0.5) is 0 Å². The van der Waals surface area contributed by atoms with Gasteiger partial charge >= 0.3 is 0 Å². The van der Waals surface area contributed by atoms with Gasteiger partial charge in [-0.05, 0) is 29.8 Å². The molecule has 0 aliphatic rings. The molecule has 0 spiro atoms. The number of H-pyrrole nitrogens is 1. The van der Waals surface area contributed by atoms with E-state index in [0.717, 1.165) is 11.1 Å². The fraction of sp³-hybridized carbons (Fsp3) is 0.188. The van der Waals surface area contributed by atoms with Crippen molar-refractivity contribution >= 4 is 5.91 Å².